The van der Waals surface area contributed by atoms with E-state index >= 15 is 0 Å². The lowest BCUT2D eigenvalue weighted by Crippen LogP contribution is -2.39. The summed E-state index contributed by atoms with van der Waals surface area (Å²) in [6, 6.07) is 4.50. The van der Waals surface area contributed by atoms with E-state index in [-0.39, 0.29) is 12.8 Å². The Bertz CT molecular complexity index is 465. The highest BCUT2D eigenvalue weighted by molar-refractivity contribution is 6.32. The summed E-state index contributed by atoms with van der Waals surface area (Å²) >= 11 is 6.27. The second-order valence-corrected chi connectivity index (χ2v) is 5.73. The van der Waals surface area contributed by atoms with Crippen molar-refractivity contribution in [3.63, 3.8) is 0 Å². The van der Waals surface area contributed by atoms with Crippen LogP contribution in [0, 0.1) is 0 Å². The largest absolute Gasteiger partial charge is 0.454 e. The number of nitrogens with zero attached hydrogens (tertiary/aromatic N) is 1. The van der Waals surface area contributed by atoms with E-state index in [0.29, 0.717) is 29.1 Å². The van der Waals surface area contributed by atoms with Gasteiger partial charge in [0, 0.05) is 18.6 Å². The van der Waals surface area contributed by atoms with Crippen LogP contribution in [0.15, 0.2) is 12.1 Å². The summed E-state index contributed by atoms with van der Waals surface area (Å²) in [7, 11) is 0. The van der Waals surface area contributed by atoms with Crippen LogP contribution < -0.4 is 15.2 Å². The first-order chi connectivity index (χ1) is 9.58. The molecule has 1 atom stereocenters. The maximum Gasteiger partial charge on any atom is 0.231 e. The van der Waals surface area contributed by atoms with Crippen LogP contribution in [-0.2, 0) is 0 Å². The van der Waals surface area contributed by atoms with Crippen molar-refractivity contribution in [3.8, 4) is 11.5 Å². The van der Waals surface area contributed by atoms with Crippen molar-refractivity contribution in [2.75, 3.05) is 19.9 Å². The number of halogens is 1. The van der Waals surface area contributed by atoms with Crippen LogP contribution >= 0.6 is 11.6 Å². The molecular weight excluding hydrogens is 276 g/mol. The predicted molar refractivity (Wildman–Crippen MR) is 81.5 cm³/mol. The fourth-order valence-electron chi connectivity index (χ4n) is 2.67. The molecule has 0 fully saturated rings. The monoisotopic (exact) mass is 298 g/mol. The van der Waals surface area contributed by atoms with Crippen LogP contribution in [0.4, 0.5) is 0 Å². The van der Waals surface area contributed by atoms with Gasteiger partial charge in [0.2, 0.25) is 6.79 Å². The molecule has 112 valence electrons. The normalized spacial score (nSPS) is 15.2. The summed E-state index contributed by atoms with van der Waals surface area (Å²) < 4.78 is 10.8. The van der Waals surface area contributed by atoms with Crippen molar-refractivity contribution >= 4 is 11.6 Å². The summed E-state index contributed by atoms with van der Waals surface area (Å²) in [5.74, 6) is 1.35. The van der Waals surface area contributed by atoms with Gasteiger partial charge < -0.3 is 15.2 Å². The third-order valence-corrected chi connectivity index (χ3v) is 3.88. The van der Waals surface area contributed by atoms with Gasteiger partial charge in [-0.3, -0.25) is 4.90 Å². The van der Waals surface area contributed by atoms with E-state index in [0.717, 1.165) is 18.5 Å². The lowest BCUT2D eigenvalue weighted by Gasteiger charge is -2.34. The Morgan fingerprint density at radius 3 is 2.70 bits per heavy atom. The molecule has 0 aliphatic carbocycles. The minimum absolute atomic E-state index is 0.141. The van der Waals surface area contributed by atoms with Crippen LogP contribution in [0.3, 0.4) is 0 Å². The van der Waals surface area contributed by atoms with Crippen LogP contribution in [0.1, 0.15) is 38.8 Å². The highest BCUT2D eigenvalue weighted by Crippen LogP contribution is 2.41. The molecular formula is C15H23ClN2O2. The molecule has 0 amide bonds. The highest BCUT2D eigenvalue weighted by atomic mass is 35.5. The topological polar surface area (TPSA) is 47.7 Å². The van der Waals surface area contributed by atoms with E-state index in [2.05, 4.69) is 25.7 Å². The van der Waals surface area contributed by atoms with Crippen molar-refractivity contribution in [1.82, 2.24) is 4.90 Å². The van der Waals surface area contributed by atoms with E-state index in [1.54, 1.807) is 0 Å². The van der Waals surface area contributed by atoms with Gasteiger partial charge in [0.1, 0.15) is 0 Å². The quantitative estimate of drug-likeness (QED) is 0.876. The minimum Gasteiger partial charge on any atom is -0.454 e. The van der Waals surface area contributed by atoms with E-state index in [1.165, 1.54) is 0 Å². The molecule has 1 aliphatic rings. The Morgan fingerprint density at radius 2 is 2.10 bits per heavy atom. The smallest absolute Gasteiger partial charge is 0.231 e. The Hall–Kier alpha value is -0.970. The molecule has 0 radical (unpaired) electrons. The van der Waals surface area contributed by atoms with Gasteiger partial charge in [-0.05, 0) is 44.5 Å². The lowest BCUT2D eigenvalue weighted by molar-refractivity contribution is 0.157. The first-order valence-corrected chi connectivity index (χ1v) is 7.51. The molecule has 1 aromatic rings. The lowest BCUT2D eigenvalue weighted by atomic mass is 10.0. The number of nitrogens with two attached hydrogens (primary N) is 1. The predicted octanol–water partition coefficient (Wildman–Crippen LogP) is 3.19. The van der Waals surface area contributed by atoms with Gasteiger partial charge in [-0.25, -0.2) is 0 Å². The van der Waals surface area contributed by atoms with Gasteiger partial charge in [0.05, 0.1) is 5.02 Å². The van der Waals surface area contributed by atoms with Crippen LogP contribution in [0.5, 0.6) is 11.5 Å². The molecule has 2 rings (SSSR count). The zero-order valence-electron chi connectivity index (χ0n) is 12.4. The molecule has 0 spiro atoms. The van der Waals surface area contributed by atoms with Crippen molar-refractivity contribution in [1.29, 1.82) is 0 Å². The zero-order chi connectivity index (χ0) is 14.7. The minimum atomic E-state index is 0.141. The molecule has 4 nitrogen and oxygen atoms in total. The molecule has 1 aliphatic heterocycles. The number of fused-ring (bicyclic) bond motifs is 1. The molecule has 0 bridgehead atoms. The summed E-state index contributed by atoms with van der Waals surface area (Å²) in [5, 5.41) is 0.591. The Labute approximate surface area is 125 Å². The second-order valence-electron chi connectivity index (χ2n) is 5.32. The van der Waals surface area contributed by atoms with Crippen LogP contribution in [0.25, 0.3) is 0 Å². The summed E-state index contributed by atoms with van der Waals surface area (Å²) in [6.07, 6.45) is 1.09. The molecule has 2 N–H and O–H groups in total. The number of hydrogen-bond donors (Lipinski definition) is 1. The molecule has 0 saturated heterocycles. The third-order valence-electron chi connectivity index (χ3n) is 3.60. The Kier molecular flexibility index (Phi) is 5.13. The maximum atomic E-state index is 6.27. The van der Waals surface area contributed by atoms with Gasteiger partial charge in [0.25, 0.3) is 0 Å². The van der Waals surface area contributed by atoms with Crippen LogP contribution in [-0.4, -0.2) is 30.8 Å². The standard InChI is InChI=1S/C15H23ClN2O2/c1-4-5-18(10(2)3)13(8-17)11-6-12(16)15-14(7-11)19-9-20-15/h6-7,10,13H,4-5,8-9,17H2,1-3H3. The van der Waals surface area contributed by atoms with Crippen LogP contribution in [0.2, 0.25) is 5.02 Å². The van der Waals surface area contributed by atoms with E-state index < -0.39 is 0 Å². The first-order valence-electron chi connectivity index (χ1n) is 7.13. The molecule has 0 saturated carbocycles. The fourth-order valence-corrected chi connectivity index (χ4v) is 2.95. The number of benzene rings is 1. The average molecular weight is 299 g/mol. The maximum absolute atomic E-state index is 6.27. The third kappa shape index (κ3) is 3.03. The molecule has 1 unspecified atom stereocenters. The molecule has 20 heavy (non-hydrogen) atoms. The van der Waals surface area contributed by atoms with E-state index in [4.69, 9.17) is 26.8 Å². The van der Waals surface area contributed by atoms with Crippen molar-refractivity contribution < 1.29 is 9.47 Å². The molecule has 1 heterocycles. The fraction of sp³-hybridized carbons (Fsp3) is 0.600. The molecule has 5 heteroatoms. The van der Waals surface area contributed by atoms with Crippen molar-refractivity contribution in [2.45, 2.75) is 39.3 Å². The number of hydrogen-bond acceptors (Lipinski definition) is 4. The van der Waals surface area contributed by atoms with Gasteiger partial charge >= 0.3 is 0 Å². The van der Waals surface area contributed by atoms with Gasteiger partial charge in [-0.1, -0.05) is 18.5 Å². The van der Waals surface area contributed by atoms with Crippen molar-refractivity contribution in [2.24, 2.45) is 5.73 Å². The van der Waals surface area contributed by atoms with E-state index in [1.807, 2.05) is 12.1 Å². The van der Waals surface area contributed by atoms with E-state index in [9.17, 15) is 0 Å². The molecule has 1 aromatic carbocycles. The van der Waals surface area contributed by atoms with Gasteiger partial charge in [-0.2, -0.15) is 0 Å². The Morgan fingerprint density at radius 1 is 1.35 bits per heavy atom. The molecule has 0 aromatic heterocycles. The second kappa shape index (κ2) is 6.66. The summed E-state index contributed by atoms with van der Waals surface area (Å²) in [5.41, 5.74) is 7.10. The number of rotatable bonds is 6. The van der Waals surface area contributed by atoms with Gasteiger partial charge in [-0.15, -0.1) is 0 Å². The number of ether oxygens (including phenoxy) is 2. The Balaban J connectivity index is 2.33. The SMILES string of the molecule is CCCN(C(C)C)C(CN)c1cc(Cl)c2c(c1)OCO2. The highest BCUT2D eigenvalue weighted by Gasteiger charge is 2.25. The summed E-state index contributed by atoms with van der Waals surface area (Å²) in [4.78, 5) is 2.40. The summed E-state index contributed by atoms with van der Waals surface area (Å²) in [6.45, 7) is 8.34. The van der Waals surface area contributed by atoms with Gasteiger partial charge in [0.15, 0.2) is 11.5 Å². The average Bonchev–Trinajstić information content (AvgIpc) is 2.87. The first kappa shape index (κ1) is 15.4. The zero-order valence-corrected chi connectivity index (χ0v) is 13.1. The van der Waals surface area contributed by atoms with Crippen molar-refractivity contribution in [3.05, 3.63) is 22.7 Å².